The summed E-state index contributed by atoms with van der Waals surface area (Å²) in [5.74, 6) is -0.266. The van der Waals surface area contributed by atoms with Crippen LogP contribution in [0.15, 0.2) is 42.5 Å². The minimum atomic E-state index is -0.358. The lowest BCUT2D eigenvalue weighted by atomic mass is 10.1. The predicted molar refractivity (Wildman–Crippen MR) is 97.9 cm³/mol. The van der Waals surface area contributed by atoms with Crippen LogP contribution in [0.4, 0.5) is 11.4 Å². The number of hydrogen-bond donors (Lipinski definition) is 2. The van der Waals surface area contributed by atoms with E-state index in [4.69, 9.17) is 4.74 Å². The smallest absolute Gasteiger partial charge is 0.255 e. The number of hydrogen-bond acceptors (Lipinski definition) is 3. The Kier molecular flexibility index (Phi) is 5.14. The largest absolute Gasteiger partial charge is 0.368 e. The van der Waals surface area contributed by atoms with Gasteiger partial charge in [0.2, 0.25) is 0 Å². The lowest BCUT2D eigenvalue weighted by molar-refractivity contribution is -0.124. The van der Waals surface area contributed by atoms with Crippen LogP contribution in [0.5, 0.6) is 0 Å². The average molecular weight is 338 g/mol. The van der Waals surface area contributed by atoms with E-state index in [9.17, 15) is 9.59 Å². The number of nitrogens with one attached hydrogen (secondary N) is 2. The average Bonchev–Trinajstić information content (AvgIpc) is 3.11. The highest BCUT2D eigenvalue weighted by molar-refractivity contribution is 6.05. The van der Waals surface area contributed by atoms with E-state index in [0.29, 0.717) is 23.5 Å². The Morgan fingerprint density at radius 1 is 1.00 bits per heavy atom. The summed E-state index contributed by atoms with van der Waals surface area (Å²) in [5, 5.41) is 5.71. The lowest BCUT2D eigenvalue weighted by Crippen LogP contribution is -2.26. The van der Waals surface area contributed by atoms with E-state index < -0.39 is 0 Å². The molecular weight excluding hydrogens is 316 g/mol. The van der Waals surface area contributed by atoms with Crippen LogP contribution in [0.1, 0.15) is 34.3 Å². The molecule has 0 radical (unpaired) electrons. The van der Waals surface area contributed by atoms with Gasteiger partial charge in [-0.15, -0.1) is 0 Å². The standard InChI is InChI=1S/C20H22N2O3/c1-13-5-10-17(14(2)12-13)19(23)21-15-6-8-16(9-7-15)22-20(24)18-4-3-11-25-18/h5-10,12,18H,3-4,11H2,1-2H3,(H,21,23)(H,22,24)/t18-/m0/s1. The molecule has 2 aromatic rings. The number of amides is 2. The molecule has 0 aliphatic carbocycles. The van der Waals surface area contributed by atoms with Crippen molar-refractivity contribution in [2.75, 3.05) is 17.2 Å². The summed E-state index contributed by atoms with van der Waals surface area (Å²) in [5.41, 5.74) is 4.09. The van der Waals surface area contributed by atoms with Gasteiger partial charge in [-0.3, -0.25) is 9.59 Å². The van der Waals surface area contributed by atoms with Crippen LogP contribution < -0.4 is 10.6 Å². The first-order chi connectivity index (χ1) is 12.0. The topological polar surface area (TPSA) is 67.4 Å². The van der Waals surface area contributed by atoms with Gasteiger partial charge in [-0.1, -0.05) is 17.7 Å². The Hall–Kier alpha value is -2.66. The molecule has 3 rings (SSSR count). The molecule has 2 N–H and O–H groups in total. The second-order valence-corrected chi connectivity index (χ2v) is 6.34. The molecule has 0 saturated carbocycles. The van der Waals surface area contributed by atoms with Crippen LogP contribution in [0.2, 0.25) is 0 Å². The van der Waals surface area contributed by atoms with Crippen LogP contribution >= 0.6 is 0 Å². The minimum Gasteiger partial charge on any atom is -0.368 e. The van der Waals surface area contributed by atoms with Gasteiger partial charge in [0.05, 0.1) is 0 Å². The summed E-state index contributed by atoms with van der Waals surface area (Å²) < 4.78 is 5.36. The van der Waals surface area contributed by atoms with Crippen LogP contribution in [-0.2, 0) is 9.53 Å². The van der Waals surface area contributed by atoms with Gasteiger partial charge in [-0.25, -0.2) is 0 Å². The fourth-order valence-corrected chi connectivity index (χ4v) is 2.91. The maximum Gasteiger partial charge on any atom is 0.255 e. The molecular formula is C20H22N2O3. The van der Waals surface area contributed by atoms with Crippen molar-refractivity contribution in [3.05, 3.63) is 59.2 Å². The highest BCUT2D eigenvalue weighted by atomic mass is 16.5. The second kappa shape index (κ2) is 7.49. The highest BCUT2D eigenvalue weighted by Gasteiger charge is 2.23. The zero-order valence-electron chi connectivity index (χ0n) is 14.5. The van der Waals surface area contributed by atoms with E-state index in [0.717, 1.165) is 24.0 Å². The number of carbonyl (C=O) groups excluding carboxylic acids is 2. The zero-order valence-corrected chi connectivity index (χ0v) is 14.5. The van der Waals surface area contributed by atoms with Gasteiger partial charge < -0.3 is 15.4 Å². The van der Waals surface area contributed by atoms with Gasteiger partial charge in [-0.2, -0.15) is 0 Å². The Labute approximate surface area is 147 Å². The Balaban J connectivity index is 1.62. The van der Waals surface area contributed by atoms with Gasteiger partial charge in [0, 0.05) is 23.5 Å². The molecule has 2 aromatic carbocycles. The van der Waals surface area contributed by atoms with Crippen molar-refractivity contribution in [2.45, 2.75) is 32.8 Å². The molecule has 1 aliphatic rings. The van der Waals surface area contributed by atoms with Crippen molar-refractivity contribution in [3.8, 4) is 0 Å². The summed E-state index contributed by atoms with van der Waals surface area (Å²) in [4.78, 5) is 24.4. The fraction of sp³-hybridized carbons (Fsp3) is 0.300. The molecule has 0 bridgehead atoms. The maximum atomic E-state index is 12.4. The van der Waals surface area contributed by atoms with Gasteiger partial charge in [0.25, 0.3) is 11.8 Å². The molecule has 1 atom stereocenters. The van der Waals surface area contributed by atoms with Crippen molar-refractivity contribution >= 4 is 23.2 Å². The maximum absolute atomic E-state index is 12.4. The zero-order chi connectivity index (χ0) is 17.8. The molecule has 130 valence electrons. The van der Waals surface area contributed by atoms with Gasteiger partial charge in [0.15, 0.2) is 0 Å². The molecule has 1 aliphatic heterocycles. The summed E-state index contributed by atoms with van der Waals surface area (Å²) in [6, 6.07) is 12.8. The van der Waals surface area contributed by atoms with Crippen molar-refractivity contribution < 1.29 is 14.3 Å². The molecule has 1 saturated heterocycles. The molecule has 5 heteroatoms. The van der Waals surface area contributed by atoms with Gasteiger partial charge >= 0.3 is 0 Å². The molecule has 2 amide bonds. The van der Waals surface area contributed by atoms with Crippen LogP contribution in [-0.4, -0.2) is 24.5 Å². The highest BCUT2D eigenvalue weighted by Crippen LogP contribution is 2.18. The number of anilines is 2. The number of rotatable bonds is 4. The predicted octanol–water partition coefficient (Wildman–Crippen LogP) is 3.67. The summed E-state index contributed by atoms with van der Waals surface area (Å²) in [6.07, 6.45) is 1.32. The molecule has 1 fully saturated rings. The van der Waals surface area contributed by atoms with Gasteiger partial charge in [0.1, 0.15) is 6.10 Å². The third-order valence-corrected chi connectivity index (χ3v) is 4.26. The third-order valence-electron chi connectivity index (χ3n) is 4.26. The van der Waals surface area contributed by atoms with Crippen molar-refractivity contribution in [3.63, 3.8) is 0 Å². The summed E-state index contributed by atoms with van der Waals surface area (Å²) in [7, 11) is 0. The van der Waals surface area contributed by atoms with E-state index in [1.807, 2.05) is 32.0 Å². The van der Waals surface area contributed by atoms with Crippen LogP contribution in [0.3, 0.4) is 0 Å². The Morgan fingerprint density at radius 3 is 2.28 bits per heavy atom. The lowest BCUT2D eigenvalue weighted by Gasteiger charge is -2.12. The molecule has 5 nitrogen and oxygen atoms in total. The first-order valence-corrected chi connectivity index (χ1v) is 8.44. The van der Waals surface area contributed by atoms with Crippen LogP contribution in [0, 0.1) is 13.8 Å². The molecule has 1 heterocycles. The number of aryl methyl sites for hydroxylation is 2. The third kappa shape index (κ3) is 4.25. The Morgan fingerprint density at radius 2 is 1.68 bits per heavy atom. The van der Waals surface area contributed by atoms with Crippen LogP contribution in [0.25, 0.3) is 0 Å². The molecule has 0 unspecified atom stereocenters. The number of ether oxygens (including phenoxy) is 1. The summed E-state index contributed by atoms with van der Waals surface area (Å²) >= 11 is 0. The van der Waals surface area contributed by atoms with E-state index in [-0.39, 0.29) is 17.9 Å². The number of benzene rings is 2. The fourth-order valence-electron chi connectivity index (χ4n) is 2.91. The summed E-state index contributed by atoms with van der Waals surface area (Å²) in [6.45, 7) is 4.56. The molecule has 0 aromatic heterocycles. The normalized spacial score (nSPS) is 16.5. The number of carbonyl (C=O) groups is 2. The van der Waals surface area contributed by atoms with E-state index in [1.165, 1.54) is 0 Å². The SMILES string of the molecule is Cc1ccc(C(=O)Nc2ccc(NC(=O)[C@@H]3CCCO3)cc2)c(C)c1. The van der Waals surface area contributed by atoms with Gasteiger partial charge in [-0.05, 0) is 62.6 Å². The molecule has 25 heavy (non-hydrogen) atoms. The van der Waals surface area contributed by atoms with Crippen molar-refractivity contribution in [1.29, 1.82) is 0 Å². The van der Waals surface area contributed by atoms with Crippen molar-refractivity contribution in [1.82, 2.24) is 0 Å². The first kappa shape index (κ1) is 17.2. The van der Waals surface area contributed by atoms with Crippen molar-refractivity contribution in [2.24, 2.45) is 0 Å². The monoisotopic (exact) mass is 338 g/mol. The van der Waals surface area contributed by atoms with E-state index in [1.54, 1.807) is 24.3 Å². The molecule has 0 spiro atoms. The van der Waals surface area contributed by atoms with E-state index in [2.05, 4.69) is 10.6 Å². The Bertz CT molecular complexity index is 778. The first-order valence-electron chi connectivity index (χ1n) is 8.44. The van der Waals surface area contributed by atoms with E-state index >= 15 is 0 Å². The second-order valence-electron chi connectivity index (χ2n) is 6.34. The minimum absolute atomic E-state index is 0.121. The quantitative estimate of drug-likeness (QED) is 0.894.